The highest BCUT2D eigenvalue weighted by Gasteiger charge is 2.25. The summed E-state index contributed by atoms with van der Waals surface area (Å²) in [6.45, 7) is 2.10. The molecule has 1 fully saturated rings. The Bertz CT molecular complexity index is 528. The van der Waals surface area contributed by atoms with Crippen molar-refractivity contribution >= 4 is 40.7 Å². The van der Waals surface area contributed by atoms with Crippen LogP contribution in [0.3, 0.4) is 0 Å². The van der Waals surface area contributed by atoms with Gasteiger partial charge in [-0.15, -0.1) is 0 Å². The number of nitrogens with one attached hydrogen (secondary N) is 2. The van der Waals surface area contributed by atoms with E-state index in [4.69, 9.17) is 23.2 Å². The van der Waals surface area contributed by atoms with Crippen LogP contribution < -0.4 is 10.6 Å². The highest BCUT2D eigenvalue weighted by Crippen LogP contribution is 2.24. The maximum absolute atomic E-state index is 11.9. The molecule has 2 amide bonds. The maximum atomic E-state index is 11.9. The van der Waals surface area contributed by atoms with E-state index in [1.165, 1.54) is 6.42 Å². The number of hydrogen-bond acceptors (Lipinski definition) is 2. The molecule has 0 radical (unpaired) electrons. The number of carbonyl (C=O) groups is 2. The molecule has 1 aromatic carbocycles. The van der Waals surface area contributed by atoms with Gasteiger partial charge in [-0.25, -0.2) is 0 Å². The molecule has 6 heteroatoms. The first-order valence-corrected chi connectivity index (χ1v) is 7.79. The summed E-state index contributed by atoms with van der Waals surface area (Å²) in [5.41, 5.74) is 0.407. The van der Waals surface area contributed by atoms with Gasteiger partial charge in [0.05, 0.1) is 0 Å². The normalized spacial score (nSPS) is 21.7. The average Bonchev–Trinajstić information content (AvgIpc) is 2.40. The Balaban J connectivity index is 1.94. The molecule has 0 aromatic heterocycles. The average molecular weight is 329 g/mol. The zero-order valence-corrected chi connectivity index (χ0v) is 13.3. The number of hydrogen-bond donors (Lipinski definition) is 2. The van der Waals surface area contributed by atoms with Crippen LogP contribution in [0.4, 0.5) is 5.69 Å². The summed E-state index contributed by atoms with van der Waals surface area (Å²) in [7, 11) is 0. The van der Waals surface area contributed by atoms with Crippen molar-refractivity contribution in [1.29, 1.82) is 0 Å². The van der Waals surface area contributed by atoms with Crippen molar-refractivity contribution in [3.05, 3.63) is 28.2 Å². The molecular formula is C15H18Cl2N2O2. The summed E-state index contributed by atoms with van der Waals surface area (Å²) >= 11 is 11.7. The van der Waals surface area contributed by atoms with Crippen LogP contribution in [0, 0.1) is 5.92 Å². The van der Waals surface area contributed by atoms with Gasteiger partial charge in [0.25, 0.3) is 0 Å². The van der Waals surface area contributed by atoms with Crippen molar-refractivity contribution < 1.29 is 9.59 Å². The molecule has 2 unspecified atom stereocenters. The van der Waals surface area contributed by atoms with Crippen molar-refractivity contribution in [2.75, 3.05) is 5.32 Å². The van der Waals surface area contributed by atoms with Crippen molar-refractivity contribution in [2.45, 2.75) is 38.6 Å². The van der Waals surface area contributed by atoms with Crippen molar-refractivity contribution in [3.8, 4) is 0 Å². The number of benzene rings is 1. The molecule has 4 nitrogen and oxygen atoms in total. The fraction of sp³-hybridized carbons (Fsp3) is 0.467. The predicted octanol–water partition coefficient (Wildman–Crippen LogP) is 3.63. The zero-order chi connectivity index (χ0) is 15.4. The molecule has 2 rings (SSSR count). The van der Waals surface area contributed by atoms with Crippen LogP contribution in [0.5, 0.6) is 0 Å². The molecule has 0 saturated heterocycles. The van der Waals surface area contributed by atoms with E-state index in [-0.39, 0.29) is 6.04 Å². The number of carbonyl (C=O) groups excluding carboxylic acids is 2. The lowest BCUT2D eigenvalue weighted by atomic mass is 9.86. The molecule has 0 aliphatic heterocycles. The first-order valence-electron chi connectivity index (χ1n) is 7.03. The Labute approximate surface area is 134 Å². The topological polar surface area (TPSA) is 58.2 Å². The minimum Gasteiger partial charge on any atom is -0.345 e. The van der Waals surface area contributed by atoms with E-state index in [2.05, 4.69) is 17.6 Å². The van der Waals surface area contributed by atoms with E-state index in [1.807, 2.05) is 0 Å². The molecule has 21 heavy (non-hydrogen) atoms. The number of anilines is 1. The van der Waals surface area contributed by atoms with Crippen LogP contribution in [0.2, 0.25) is 10.0 Å². The Hall–Kier alpha value is -1.26. The SMILES string of the molecule is CC1CCCCC1NC(=O)C(=O)Nc1cc(Cl)cc(Cl)c1. The van der Waals surface area contributed by atoms with Gasteiger partial charge in [-0.1, -0.05) is 43.0 Å². The van der Waals surface area contributed by atoms with Crippen molar-refractivity contribution in [2.24, 2.45) is 5.92 Å². The maximum Gasteiger partial charge on any atom is 0.313 e. The van der Waals surface area contributed by atoms with E-state index in [1.54, 1.807) is 18.2 Å². The third kappa shape index (κ3) is 4.61. The van der Waals surface area contributed by atoms with Gasteiger partial charge in [0.1, 0.15) is 0 Å². The molecule has 0 bridgehead atoms. The smallest absolute Gasteiger partial charge is 0.313 e. The zero-order valence-electron chi connectivity index (χ0n) is 11.8. The largest absolute Gasteiger partial charge is 0.345 e. The second kappa shape index (κ2) is 7.14. The second-order valence-electron chi connectivity index (χ2n) is 5.45. The van der Waals surface area contributed by atoms with Crippen molar-refractivity contribution in [1.82, 2.24) is 5.32 Å². The number of rotatable bonds is 2. The van der Waals surface area contributed by atoms with Crippen LogP contribution in [0.25, 0.3) is 0 Å². The van der Waals surface area contributed by atoms with Crippen LogP contribution in [-0.4, -0.2) is 17.9 Å². The molecule has 114 valence electrons. The molecule has 0 spiro atoms. The lowest BCUT2D eigenvalue weighted by molar-refractivity contribution is -0.137. The summed E-state index contributed by atoms with van der Waals surface area (Å²) in [5.74, 6) is -0.924. The van der Waals surface area contributed by atoms with Gasteiger partial charge in [-0.3, -0.25) is 9.59 Å². The third-order valence-corrected chi connectivity index (χ3v) is 4.19. The van der Waals surface area contributed by atoms with Crippen LogP contribution in [0.1, 0.15) is 32.6 Å². The summed E-state index contributed by atoms with van der Waals surface area (Å²) in [5, 5.41) is 6.11. The fourth-order valence-corrected chi connectivity index (χ4v) is 3.10. The van der Waals surface area contributed by atoms with Gasteiger partial charge in [0.15, 0.2) is 0 Å². The first-order chi connectivity index (χ1) is 9.95. The lowest BCUT2D eigenvalue weighted by Gasteiger charge is -2.29. The van der Waals surface area contributed by atoms with Gasteiger partial charge in [-0.2, -0.15) is 0 Å². The van der Waals surface area contributed by atoms with E-state index in [0.717, 1.165) is 19.3 Å². The van der Waals surface area contributed by atoms with Crippen LogP contribution in [-0.2, 0) is 9.59 Å². The molecule has 2 atom stereocenters. The lowest BCUT2D eigenvalue weighted by Crippen LogP contribution is -2.45. The monoisotopic (exact) mass is 328 g/mol. The van der Waals surface area contributed by atoms with Gasteiger partial charge in [0, 0.05) is 21.8 Å². The van der Waals surface area contributed by atoms with Gasteiger partial charge < -0.3 is 10.6 Å². The summed E-state index contributed by atoms with van der Waals surface area (Å²) in [4.78, 5) is 23.8. The van der Waals surface area contributed by atoms with E-state index in [9.17, 15) is 9.59 Å². The minimum atomic E-state index is -0.703. The van der Waals surface area contributed by atoms with Gasteiger partial charge in [-0.05, 0) is 37.0 Å². The van der Waals surface area contributed by atoms with E-state index >= 15 is 0 Å². The highest BCUT2D eigenvalue weighted by molar-refractivity contribution is 6.40. The second-order valence-corrected chi connectivity index (χ2v) is 6.33. The fourth-order valence-electron chi connectivity index (χ4n) is 2.58. The Kier molecular flexibility index (Phi) is 5.48. The number of halogens is 2. The first kappa shape index (κ1) is 16.1. The minimum absolute atomic E-state index is 0.0694. The van der Waals surface area contributed by atoms with E-state index < -0.39 is 11.8 Å². The molecule has 2 N–H and O–H groups in total. The predicted molar refractivity (Wildman–Crippen MR) is 84.7 cm³/mol. The molecule has 0 heterocycles. The summed E-state index contributed by atoms with van der Waals surface area (Å²) in [6, 6.07) is 4.71. The molecular weight excluding hydrogens is 311 g/mol. The summed E-state index contributed by atoms with van der Waals surface area (Å²) in [6.07, 6.45) is 4.27. The van der Waals surface area contributed by atoms with Crippen LogP contribution >= 0.6 is 23.2 Å². The standard InChI is InChI=1S/C15H18Cl2N2O2/c1-9-4-2-3-5-13(9)19-15(21)14(20)18-12-7-10(16)6-11(17)8-12/h6-9,13H,2-5H2,1H3,(H,18,20)(H,19,21). The van der Waals surface area contributed by atoms with Crippen molar-refractivity contribution in [3.63, 3.8) is 0 Å². The Morgan fingerprint density at radius 2 is 1.67 bits per heavy atom. The van der Waals surface area contributed by atoms with Gasteiger partial charge in [0.2, 0.25) is 0 Å². The molecule has 1 aliphatic carbocycles. The highest BCUT2D eigenvalue weighted by atomic mass is 35.5. The molecule has 1 aliphatic rings. The van der Waals surface area contributed by atoms with E-state index in [0.29, 0.717) is 21.7 Å². The van der Waals surface area contributed by atoms with Gasteiger partial charge >= 0.3 is 11.8 Å². The molecule has 1 saturated carbocycles. The molecule has 1 aromatic rings. The Morgan fingerprint density at radius 3 is 2.29 bits per heavy atom. The quantitative estimate of drug-likeness (QED) is 0.814. The Morgan fingerprint density at radius 1 is 1.05 bits per heavy atom. The third-order valence-electron chi connectivity index (χ3n) is 3.75. The summed E-state index contributed by atoms with van der Waals surface area (Å²) < 4.78 is 0. The van der Waals surface area contributed by atoms with Crippen LogP contribution in [0.15, 0.2) is 18.2 Å². The number of amides is 2.